The van der Waals surface area contributed by atoms with Crippen molar-refractivity contribution < 1.29 is 9.53 Å². The Morgan fingerprint density at radius 2 is 1.61 bits per heavy atom. The third-order valence-corrected chi connectivity index (χ3v) is 3.41. The van der Waals surface area contributed by atoms with Gasteiger partial charge in [0.2, 0.25) is 0 Å². The van der Waals surface area contributed by atoms with Gasteiger partial charge in [0.05, 0.1) is 0 Å². The molecule has 0 aromatic heterocycles. The second kappa shape index (κ2) is 4.65. The van der Waals surface area contributed by atoms with E-state index < -0.39 is 0 Å². The molecule has 1 saturated carbocycles. The number of carbonyl (C=O) groups excluding carboxylic acids is 1. The first-order chi connectivity index (χ1) is 8.88. The predicted molar refractivity (Wildman–Crippen MR) is 70.2 cm³/mol. The van der Waals surface area contributed by atoms with E-state index in [0.29, 0.717) is 12.4 Å². The van der Waals surface area contributed by atoms with Crippen LogP contribution in [0.25, 0.3) is 11.1 Å². The summed E-state index contributed by atoms with van der Waals surface area (Å²) in [5.74, 6) is 0.389. The van der Waals surface area contributed by atoms with Crippen molar-refractivity contribution in [3.05, 3.63) is 60.2 Å². The van der Waals surface area contributed by atoms with Gasteiger partial charge in [-0.2, -0.15) is 0 Å². The molecule has 1 fully saturated rings. The van der Waals surface area contributed by atoms with E-state index in [1.165, 1.54) is 16.7 Å². The van der Waals surface area contributed by atoms with Crippen molar-refractivity contribution in [1.29, 1.82) is 0 Å². The lowest BCUT2D eigenvalue weighted by Crippen LogP contribution is -1.93. The van der Waals surface area contributed by atoms with Gasteiger partial charge in [0.1, 0.15) is 6.10 Å². The van der Waals surface area contributed by atoms with Gasteiger partial charge in [0.25, 0.3) is 6.47 Å². The Morgan fingerprint density at radius 1 is 0.944 bits per heavy atom. The molecule has 1 aliphatic rings. The summed E-state index contributed by atoms with van der Waals surface area (Å²) in [6, 6.07) is 18.8. The minimum absolute atomic E-state index is 0.0880. The van der Waals surface area contributed by atoms with Crippen molar-refractivity contribution >= 4 is 6.47 Å². The van der Waals surface area contributed by atoms with E-state index in [-0.39, 0.29) is 6.10 Å². The summed E-state index contributed by atoms with van der Waals surface area (Å²) in [5, 5.41) is 0. The first-order valence-electron chi connectivity index (χ1n) is 6.13. The molecule has 3 rings (SSSR count). The standard InChI is InChI=1S/C16H14O2/c17-11-18-16-10-15(16)14-8-6-13(7-9-14)12-4-2-1-3-5-12/h1-9,11,15-16H,10H2. The van der Waals surface area contributed by atoms with Crippen LogP contribution in [0.3, 0.4) is 0 Å². The second-order valence-corrected chi connectivity index (χ2v) is 4.60. The summed E-state index contributed by atoms with van der Waals surface area (Å²) in [6.07, 6.45) is 1.04. The first-order valence-corrected chi connectivity index (χ1v) is 6.13. The summed E-state index contributed by atoms with van der Waals surface area (Å²) in [5.41, 5.74) is 3.69. The predicted octanol–water partition coefficient (Wildman–Crippen LogP) is 3.38. The molecule has 90 valence electrons. The number of ether oxygens (including phenoxy) is 1. The zero-order valence-electron chi connectivity index (χ0n) is 9.95. The number of carbonyl (C=O) groups is 1. The van der Waals surface area contributed by atoms with E-state index in [0.717, 1.165) is 6.42 Å². The van der Waals surface area contributed by atoms with Crippen molar-refractivity contribution in [2.24, 2.45) is 0 Å². The monoisotopic (exact) mass is 238 g/mol. The molecule has 0 radical (unpaired) electrons. The molecule has 0 amide bonds. The van der Waals surface area contributed by atoms with Gasteiger partial charge in [-0.25, -0.2) is 0 Å². The number of hydrogen-bond donors (Lipinski definition) is 0. The van der Waals surface area contributed by atoms with Crippen LogP contribution in [0.1, 0.15) is 17.9 Å². The average molecular weight is 238 g/mol. The zero-order chi connectivity index (χ0) is 12.4. The molecular weight excluding hydrogens is 224 g/mol. The molecular formula is C16H14O2. The molecule has 0 saturated heterocycles. The first kappa shape index (κ1) is 11.0. The second-order valence-electron chi connectivity index (χ2n) is 4.60. The maximum absolute atomic E-state index is 10.2. The number of hydrogen-bond acceptors (Lipinski definition) is 2. The summed E-state index contributed by atoms with van der Waals surface area (Å²) in [6.45, 7) is 0.545. The number of rotatable bonds is 4. The lowest BCUT2D eigenvalue weighted by Gasteiger charge is -2.04. The topological polar surface area (TPSA) is 26.3 Å². The van der Waals surface area contributed by atoms with Gasteiger partial charge in [0.15, 0.2) is 0 Å². The molecule has 2 nitrogen and oxygen atoms in total. The van der Waals surface area contributed by atoms with Gasteiger partial charge < -0.3 is 4.74 Å². The Balaban J connectivity index is 1.76. The van der Waals surface area contributed by atoms with Crippen molar-refractivity contribution in [3.63, 3.8) is 0 Å². The zero-order valence-corrected chi connectivity index (χ0v) is 9.95. The molecule has 18 heavy (non-hydrogen) atoms. The van der Waals surface area contributed by atoms with Crippen molar-refractivity contribution in [3.8, 4) is 11.1 Å². The fourth-order valence-corrected chi connectivity index (χ4v) is 2.30. The van der Waals surface area contributed by atoms with E-state index in [9.17, 15) is 4.79 Å². The van der Waals surface area contributed by atoms with Gasteiger partial charge in [-0.1, -0.05) is 54.6 Å². The molecule has 2 unspecified atom stereocenters. The van der Waals surface area contributed by atoms with Crippen LogP contribution in [0.5, 0.6) is 0 Å². The summed E-state index contributed by atoms with van der Waals surface area (Å²) in [7, 11) is 0. The Morgan fingerprint density at radius 3 is 2.28 bits per heavy atom. The molecule has 2 heteroatoms. The van der Waals surface area contributed by atoms with Crippen LogP contribution in [0, 0.1) is 0 Å². The fourth-order valence-electron chi connectivity index (χ4n) is 2.30. The third kappa shape index (κ3) is 2.14. The maximum atomic E-state index is 10.2. The average Bonchev–Trinajstić information content (AvgIpc) is 3.20. The Kier molecular flexibility index (Phi) is 2.85. The highest BCUT2D eigenvalue weighted by Gasteiger charge is 2.40. The van der Waals surface area contributed by atoms with Gasteiger partial charge >= 0.3 is 0 Å². The number of benzene rings is 2. The minimum Gasteiger partial charge on any atom is -0.464 e. The van der Waals surface area contributed by atoms with Gasteiger partial charge in [0, 0.05) is 5.92 Å². The summed E-state index contributed by atoms with van der Waals surface area (Å²) in [4.78, 5) is 10.2. The Bertz CT molecular complexity index is 531. The smallest absolute Gasteiger partial charge is 0.293 e. The van der Waals surface area contributed by atoms with E-state index in [2.05, 4.69) is 36.4 Å². The van der Waals surface area contributed by atoms with Crippen molar-refractivity contribution in [1.82, 2.24) is 0 Å². The largest absolute Gasteiger partial charge is 0.464 e. The molecule has 0 spiro atoms. The summed E-state index contributed by atoms with van der Waals surface area (Å²) >= 11 is 0. The quantitative estimate of drug-likeness (QED) is 0.763. The van der Waals surface area contributed by atoms with Crippen LogP contribution < -0.4 is 0 Å². The highest BCUT2D eigenvalue weighted by atomic mass is 16.5. The van der Waals surface area contributed by atoms with Crippen LogP contribution in [-0.4, -0.2) is 12.6 Å². The lowest BCUT2D eigenvalue weighted by atomic mass is 10.0. The van der Waals surface area contributed by atoms with Crippen molar-refractivity contribution in [2.75, 3.05) is 0 Å². The molecule has 0 N–H and O–H groups in total. The van der Waals surface area contributed by atoms with E-state index in [4.69, 9.17) is 4.74 Å². The molecule has 2 aromatic carbocycles. The van der Waals surface area contributed by atoms with Crippen LogP contribution >= 0.6 is 0 Å². The lowest BCUT2D eigenvalue weighted by molar-refractivity contribution is -0.129. The Hall–Kier alpha value is -2.09. The molecule has 0 heterocycles. The SMILES string of the molecule is O=COC1CC1c1ccc(-c2ccccc2)cc1. The Labute approximate surface area is 106 Å². The molecule has 1 aliphatic carbocycles. The fraction of sp³-hybridized carbons (Fsp3) is 0.188. The molecule has 2 atom stereocenters. The normalized spacial score (nSPS) is 21.3. The maximum Gasteiger partial charge on any atom is 0.293 e. The van der Waals surface area contributed by atoms with Crippen LogP contribution in [-0.2, 0) is 9.53 Å². The molecule has 0 bridgehead atoms. The molecule has 2 aromatic rings. The molecule has 0 aliphatic heterocycles. The summed E-state index contributed by atoms with van der Waals surface area (Å²) < 4.78 is 4.95. The third-order valence-electron chi connectivity index (χ3n) is 3.41. The minimum atomic E-state index is 0.0880. The van der Waals surface area contributed by atoms with E-state index in [1.807, 2.05) is 18.2 Å². The highest BCUT2D eigenvalue weighted by Crippen LogP contribution is 2.43. The van der Waals surface area contributed by atoms with Gasteiger partial charge in [-0.15, -0.1) is 0 Å². The van der Waals surface area contributed by atoms with Crippen molar-refractivity contribution in [2.45, 2.75) is 18.4 Å². The van der Waals surface area contributed by atoms with E-state index in [1.54, 1.807) is 0 Å². The van der Waals surface area contributed by atoms with Crippen LogP contribution in [0.4, 0.5) is 0 Å². The highest BCUT2D eigenvalue weighted by molar-refractivity contribution is 5.63. The van der Waals surface area contributed by atoms with Crippen LogP contribution in [0.15, 0.2) is 54.6 Å². The van der Waals surface area contributed by atoms with Gasteiger partial charge in [-0.05, 0) is 23.1 Å². The van der Waals surface area contributed by atoms with Gasteiger partial charge in [-0.3, -0.25) is 4.79 Å². The van der Waals surface area contributed by atoms with Crippen LogP contribution in [0.2, 0.25) is 0 Å². The van der Waals surface area contributed by atoms with E-state index >= 15 is 0 Å².